The minimum atomic E-state index is -2.16. The maximum absolute atomic E-state index is 4.03. The predicted molar refractivity (Wildman–Crippen MR) is 110 cm³/mol. The van der Waals surface area contributed by atoms with Crippen molar-refractivity contribution in [2.24, 2.45) is 0 Å². The molecule has 0 N–H and O–H groups in total. The van der Waals surface area contributed by atoms with Gasteiger partial charge in [-0.15, -0.1) is 0 Å². The van der Waals surface area contributed by atoms with Gasteiger partial charge >= 0.3 is 0 Å². The molecule has 0 saturated carbocycles. The Balaban J connectivity index is 2.35. The molecule has 0 aliphatic heterocycles. The van der Waals surface area contributed by atoms with Crippen LogP contribution < -0.4 is 15.6 Å². The molecule has 3 rings (SSSR count). The Bertz CT molecular complexity index is 633. The number of halogens is 2. The highest BCUT2D eigenvalue weighted by molar-refractivity contribution is 9.12. The number of hydrogen-bond acceptors (Lipinski definition) is 0. The summed E-state index contributed by atoms with van der Waals surface area (Å²) in [6.45, 7) is 0. The van der Waals surface area contributed by atoms with Crippen molar-refractivity contribution in [3.05, 3.63) is 91.0 Å². The van der Waals surface area contributed by atoms with E-state index in [9.17, 15) is 0 Å². The summed E-state index contributed by atoms with van der Waals surface area (Å²) in [7, 11) is -2.16. The van der Waals surface area contributed by atoms with Crippen molar-refractivity contribution in [2.75, 3.05) is 5.33 Å². The van der Waals surface area contributed by atoms with E-state index in [1.54, 1.807) is 0 Å². The molecule has 3 heteroatoms. The second-order valence-corrected chi connectivity index (χ2v) is 12.2. The molecule has 116 valence electrons. The zero-order valence-electron chi connectivity index (χ0n) is 12.7. The molecular formula is C20H18Br2Si. The minimum absolute atomic E-state index is 0.363. The van der Waals surface area contributed by atoms with Crippen molar-refractivity contribution < 1.29 is 0 Å². The van der Waals surface area contributed by atoms with Crippen LogP contribution in [0, 0.1) is 0 Å². The van der Waals surface area contributed by atoms with E-state index in [2.05, 4.69) is 123 Å². The van der Waals surface area contributed by atoms with Gasteiger partial charge in [-0.1, -0.05) is 123 Å². The monoisotopic (exact) mass is 444 g/mol. The molecule has 0 nitrogen and oxygen atoms in total. The molecule has 0 radical (unpaired) electrons. The standard InChI is InChI=1S/C20H18Br2Si/c21-16-20(22)23(17-10-4-1-5-11-17,18-12-6-2-7-13-18)19-14-8-3-9-15-19/h1-15,20H,16H2. The first-order valence-corrected chi connectivity index (χ1v) is 11.8. The fraction of sp³-hybridized carbons (Fsp3) is 0.100. The Labute approximate surface area is 155 Å². The first-order chi connectivity index (χ1) is 11.3. The van der Waals surface area contributed by atoms with Gasteiger partial charge in [0.25, 0.3) is 0 Å². The van der Waals surface area contributed by atoms with Crippen LogP contribution in [0.5, 0.6) is 0 Å². The summed E-state index contributed by atoms with van der Waals surface area (Å²) in [5.41, 5.74) is 0. The van der Waals surface area contributed by atoms with Crippen LogP contribution in [0.2, 0.25) is 0 Å². The summed E-state index contributed by atoms with van der Waals surface area (Å²) >= 11 is 7.76. The summed E-state index contributed by atoms with van der Waals surface area (Å²) in [5, 5.41) is 5.20. The maximum atomic E-state index is 4.03. The largest absolute Gasteiger partial charge is 0.162 e. The number of alkyl halides is 2. The van der Waals surface area contributed by atoms with Gasteiger partial charge in [0.2, 0.25) is 0 Å². The third kappa shape index (κ3) is 3.10. The molecule has 0 aliphatic carbocycles. The molecule has 0 fully saturated rings. The van der Waals surface area contributed by atoms with Gasteiger partial charge in [-0.25, -0.2) is 0 Å². The van der Waals surface area contributed by atoms with Crippen molar-refractivity contribution in [1.29, 1.82) is 0 Å². The van der Waals surface area contributed by atoms with Crippen LogP contribution in [0.25, 0.3) is 0 Å². The van der Waals surface area contributed by atoms with E-state index in [1.165, 1.54) is 15.6 Å². The SMILES string of the molecule is BrCC(Br)[Si](c1ccccc1)(c1ccccc1)c1ccccc1. The predicted octanol–water partition coefficient (Wildman–Crippen LogP) is 3.85. The highest BCUT2D eigenvalue weighted by atomic mass is 79.9. The molecular weight excluding hydrogens is 428 g/mol. The first-order valence-electron chi connectivity index (χ1n) is 7.66. The average Bonchev–Trinajstić information content (AvgIpc) is 2.65. The lowest BCUT2D eigenvalue weighted by atomic mass is 10.3. The van der Waals surface area contributed by atoms with Gasteiger partial charge in [0.05, 0.1) is 0 Å². The minimum Gasteiger partial charge on any atom is -0.0919 e. The zero-order valence-corrected chi connectivity index (χ0v) is 16.9. The maximum Gasteiger partial charge on any atom is 0.162 e. The van der Waals surface area contributed by atoms with Crippen molar-refractivity contribution in [3.8, 4) is 0 Å². The number of rotatable bonds is 5. The molecule has 0 saturated heterocycles. The van der Waals surface area contributed by atoms with Crippen LogP contribution in [0.15, 0.2) is 91.0 Å². The summed E-state index contributed by atoms with van der Waals surface area (Å²) in [6.07, 6.45) is 0. The molecule has 3 aromatic carbocycles. The van der Waals surface area contributed by atoms with Gasteiger partial charge in [0.15, 0.2) is 8.07 Å². The molecule has 23 heavy (non-hydrogen) atoms. The smallest absolute Gasteiger partial charge is 0.0919 e. The van der Waals surface area contributed by atoms with E-state index >= 15 is 0 Å². The summed E-state index contributed by atoms with van der Waals surface area (Å²) in [4.78, 5) is 0. The molecule has 1 atom stereocenters. The Morgan fingerprint density at radius 1 is 0.609 bits per heavy atom. The Morgan fingerprint density at radius 2 is 0.913 bits per heavy atom. The summed E-state index contributed by atoms with van der Waals surface area (Å²) in [6, 6.07) is 32.9. The third-order valence-electron chi connectivity index (χ3n) is 4.29. The topological polar surface area (TPSA) is 0 Å². The van der Waals surface area contributed by atoms with E-state index in [0.29, 0.717) is 4.45 Å². The van der Waals surface area contributed by atoms with Crippen LogP contribution in [0.3, 0.4) is 0 Å². The second-order valence-electron chi connectivity index (χ2n) is 5.53. The Hall–Kier alpha value is -1.16. The van der Waals surface area contributed by atoms with Crippen LogP contribution in [-0.4, -0.2) is 17.9 Å². The lowest BCUT2D eigenvalue weighted by Gasteiger charge is -2.37. The van der Waals surface area contributed by atoms with Crippen LogP contribution in [-0.2, 0) is 0 Å². The van der Waals surface area contributed by atoms with Gasteiger partial charge in [0, 0.05) is 9.78 Å². The summed E-state index contributed by atoms with van der Waals surface area (Å²) < 4.78 is 0.363. The molecule has 3 aromatic rings. The van der Waals surface area contributed by atoms with Crippen molar-refractivity contribution >= 4 is 55.5 Å². The fourth-order valence-corrected chi connectivity index (χ4v) is 11.6. The van der Waals surface area contributed by atoms with Crippen LogP contribution in [0.4, 0.5) is 0 Å². The molecule has 0 bridgehead atoms. The molecule has 0 aliphatic rings. The number of benzene rings is 3. The van der Waals surface area contributed by atoms with E-state index in [4.69, 9.17) is 0 Å². The lowest BCUT2D eigenvalue weighted by molar-refractivity contribution is 1.40. The van der Waals surface area contributed by atoms with E-state index in [-0.39, 0.29) is 0 Å². The molecule has 0 heterocycles. The van der Waals surface area contributed by atoms with Gasteiger partial charge in [0.1, 0.15) is 0 Å². The third-order valence-corrected chi connectivity index (χ3v) is 13.7. The van der Waals surface area contributed by atoms with Crippen molar-refractivity contribution in [1.82, 2.24) is 0 Å². The van der Waals surface area contributed by atoms with Gasteiger partial charge < -0.3 is 0 Å². The highest BCUT2D eigenvalue weighted by Crippen LogP contribution is 2.20. The normalized spacial score (nSPS) is 12.8. The average molecular weight is 446 g/mol. The second kappa shape index (κ2) is 7.60. The summed E-state index contributed by atoms with van der Waals surface area (Å²) in [5.74, 6) is 0. The first kappa shape index (κ1) is 16.7. The van der Waals surface area contributed by atoms with Gasteiger partial charge in [-0.05, 0) is 15.6 Å². The van der Waals surface area contributed by atoms with Crippen LogP contribution >= 0.6 is 31.9 Å². The van der Waals surface area contributed by atoms with Crippen LogP contribution in [0.1, 0.15) is 0 Å². The highest BCUT2D eigenvalue weighted by Gasteiger charge is 2.44. The molecule has 0 amide bonds. The fourth-order valence-electron chi connectivity index (χ4n) is 3.26. The van der Waals surface area contributed by atoms with Gasteiger partial charge in [-0.3, -0.25) is 0 Å². The molecule has 0 aromatic heterocycles. The lowest BCUT2D eigenvalue weighted by Crippen LogP contribution is -2.73. The Morgan fingerprint density at radius 3 is 1.17 bits per heavy atom. The Kier molecular flexibility index (Phi) is 5.52. The molecule has 0 spiro atoms. The van der Waals surface area contributed by atoms with Crippen molar-refractivity contribution in [3.63, 3.8) is 0 Å². The van der Waals surface area contributed by atoms with E-state index in [0.717, 1.165) is 5.33 Å². The van der Waals surface area contributed by atoms with Gasteiger partial charge in [-0.2, -0.15) is 0 Å². The van der Waals surface area contributed by atoms with E-state index < -0.39 is 8.07 Å². The quantitative estimate of drug-likeness (QED) is 0.318. The number of hydrogen-bond donors (Lipinski definition) is 0. The van der Waals surface area contributed by atoms with Crippen molar-refractivity contribution in [2.45, 2.75) is 4.45 Å². The van der Waals surface area contributed by atoms with E-state index in [1.807, 2.05) is 0 Å². The molecule has 1 unspecified atom stereocenters. The zero-order chi connectivity index (χ0) is 16.1.